The van der Waals surface area contributed by atoms with Gasteiger partial charge in [0.05, 0.1) is 0 Å². The lowest BCUT2D eigenvalue weighted by atomic mass is 10.0. The summed E-state index contributed by atoms with van der Waals surface area (Å²) in [6, 6.07) is 16.7. The number of anilines is 1. The van der Waals surface area contributed by atoms with Gasteiger partial charge in [-0.1, -0.05) is 42.5 Å². The maximum atomic E-state index is 4.35. The quantitative estimate of drug-likeness (QED) is 0.771. The van der Waals surface area contributed by atoms with Crippen molar-refractivity contribution in [2.75, 3.05) is 5.32 Å². The maximum absolute atomic E-state index is 4.35. The molecule has 0 bridgehead atoms. The SMILES string of the molecule is Cc1nccc(NCc2cccc3ccccc23)n1. The largest absolute Gasteiger partial charge is 0.366 e. The van der Waals surface area contributed by atoms with E-state index in [1.807, 2.05) is 13.0 Å². The molecule has 2 aromatic carbocycles. The highest BCUT2D eigenvalue weighted by Gasteiger charge is 2.01. The molecule has 1 heterocycles. The van der Waals surface area contributed by atoms with Crippen LogP contribution in [0.3, 0.4) is 0 Å². The maximum Gasteiger partial charge on any atom is 0.129 e. The van der Waals surface area contributed by atoms with E-state index in [-0.39, 0.29) is 0 Å². The highest BCUT2D eigenvalue weighted by Crippen LogP contribution is 2.19. The summed E-state index contributed by atoms with van der Waals surface area (Å²) in [5.41, 5.74) is 1.27. The van der Waals surface area contributed by atoms with Gasteiger partial charge in [0.25, 0.3) is 0 Å². The zero-order valence-electron chi connectivity index (χ0n) is 10.8. The van der Waals surface area contributed by atoms with Crippen LogP contribution in [0.1, 0.15) is 11.4 Å². The van der Waals surface area contributed by atoms with E-state index in [1.165, 1.54) is 16.3 Å². The summed E-state index contributed by atoms with van der Waals surface area (Å²) in [4.78, 5) is 8.44. The second-order valence-corrected chi connectivity index (χ2v) is 4.48. The van der Waals surface area contributed by atoms with Gasteiger partial charge < -0.3 is 5.32 Å². The Hall–Kier alpha value is -2.42. The number of hydrogen-bond donors (Lipinski definition) is 1. The van der Waals surface area contributed by atoms with Gasteiger partial charge in [0.2, 0.25) is 0 Å². The molecule has 0 fully saturated rings. The van der Waals surface area contributed by atoms with Crippen molar-refractivity contribution in [2.24, 2.45) is 0 Å². The molecule has 94 valence electrons. The molecule has 1 aromatic heterocycles. The average Bonchev–Trinajstić information content (AvgIpc) is 2.45. The van der Waals surface area contributed by atoms with Crippen LogP contribution in [-0.2, 0) is 6.54 Å². The zero-order chi connectivity index (χ0) is 13.1. The second kappa shape index (κ2) is 5.06. The predicted octanol–water partition coefficient (Wildman–Crippen LogP) is 3.55. The van der Waals surface area contributed by atoms with Crippen LogP contribution < -0.4 is 5.32 Å². The van der Waals surface area contributed by atoms with Crippen molar-refractivity contribution in [1.29, 1.82) is 0 Å². The number of rotatable bonds is 3. The number of aryl methyl sites for hydroxylation is 1. The lowest BCUT2D eigenvalue weighted by Gasteiger charge is -2.09. The minimum absolute atomic E-state index is 0.762. The number of nitrogens with zero attached hydrogens (tertiary/aromatic N) is 2. The molecule has 1 N–H and O–H groups in total. The molecule has 0 aliphatic heterocycles. The number of nitrogens with one attached hydrogen (secondary N) is 1. The molecule has 0 saturated heterocycles. The van der Waals surface area contributed by atoms with Gasteiger partial charge in [0, 0.05) is 12.7 Å². The number of hydrogen-bond acceptors (Lipinski definition) is 3. The third kappa shape index (κ3) is 2.55. The normalized spacial score (nSPS) is 10.6. The van der Waals surface area contributed by atoms with E-state index >= 15 is 0 Å². The standard InChI is InChI=1S/C16H15N3/c1-12-17-10-9-16(19-12)18-11-14-7-4-6-13-5-2-3-8-15(13)14/h2-10H,11H2,1H3,(H,17,18,19). The summed E-state index contributed by atoms with van der Waals surface area (Å²) in [6.45, 7) is 2.65. The lowest BCUT2D eigenvalue weighted by molar-refractivity contribution is 1.03. The van der Waals surface area contributed by atoms with Gasteiger partial charge in [0.15, 0.2) is 0 Å². The van der Waals surface area contributed by atoms with Crippen molar-refractivity contribution in [1.82, 2.24) is 9.97 Å². The van der Waals surface area contributed by atoms with Gasteiger partial charge in [-0.3, -0.25) is 0 Å². The predicted molar refractivity (Wildman–Crippen MR) is 78.0 cm³/mol. The van der Waals surface area contributed by atoms with Crippen molar-refractivity contribution in [3.63, 3.8) is 0 Å². The third-order valence-electron chi connectivity index (χ3n) is 3.12. The van der Waals surface area contributed by atoms with E-state index in [0.717, 1.165) is 18.2 Å². The van der Waals surface area contributed by atoms with Crippen molar-refractivity contribution >= 4 is 16.6 Å². The van der Waals surface area contributed by atoms with Crippen LogP contribution in [0.5, 0.6) is 0 Å². The van der Waals surface area contributed by atoms with E-state index in [9.17, 15) is 0 Å². The van der Waals surface area contributed by atoms with E-state index in [2.05, 4.69) is 57.7 Å². The summed E-state index contributed by atoms with van der Waals surface area (Å²) < 4.78 is 0. The summed E-state index contributed by atoms with van der Waals surface area (Å²) >= 11 is 0. The van der Waals surface area contributed by atoms with Gasteiger partial charge in [-0.25, -0.2) is 9.97 Å². The van der Waals surface area contributed by atoms with Crippen molar-refractivity contribution in [2.45, 2.75) is 13.5 Å². The van der Waals surface area contributed by atoms with Crippen LogP contribution in [0.4, 0.5) is 5.82 Å². The van der Waals surface area contributed by atoms with Crippen molar-refractivity contribution in [3.8, 4) is 0 Å². The van der Waals surface area contributed by atoms with Gasteiger partial charge in [-0.05, 0) is 29.3 Å². The Labute approximate surface area is 112 Å². The third-order valence-corrected chi connectivity index (χ3v) is 3.12. The molecule has 19 heavy (non-hydrogen) atoms. The summed E-state index contributed by atoms with van der Waals surface area (Å²) in [5, 5.41) is 5.89. The van der Waals surface area contributed by atoms with Crippen molar-refractivity contribution < 1.29 is 0 Å². The molecule has 3 aromatic rings. The topological polar surface area (TPSA) is 37.8 Å². The Morgan fingerprint density at radius 2 is 1.84 bits per heavy atom. The second-order valence-electron chi connectivity index (χ2n) is 4.48. The summed E-state index contributed by atoms with van der Waals surface area (Å²) in [7, 11) is 0. The highest BCUT2D eigenvalue weighted by atomic mass is 15.0. The van der Waals surface area contributed by atoms with Crippen molar-refractivity contribution in [3.05, 3.63) is 66.1 Å². The van der Waals surface area contributed by atoms with Crippen LogP contribution in [0.2, 0.25) is 0 Å². The van der Waals surface area contributed by atoms with Gasteiger partial charge in [-0.2, -0.15) is 0 Å². The lowest BCUT2D eigenvalue weighted by Crippen LogP contribution is -2.03. The summed E-state index contributed by atoms with van der Waals surface area (Å²) in [6.07, 6.45) is 1.77. The Morgan fingerprint density at radius 3 is 2.74 bits per heavy atom. The monoisotopic (exact) mass is 249 g/mol. The van der Waals surface area contributed by atoms with E-state index in [4.69, 9.17) is 0 Å². The van der Waals surface area contributed by atoms with Gasteiger partial charge in [0.1, 0.15) is 11.6 Å². The molecule has 0 radical (unpaired) electrons. The smallest absolute Gasteiger partial charge is 0.129 e. The zero-order valence-corrected chi connectivity index (χ0v) is 10.8. The first kappa shape index (κ1) is 11.7. The van der Waals surface area contributed by atoms with Crippen LogP contribution in [0.15, 0.2) is 54.7 Å². The molecule has 0 aliphatic carbocycles. The van der Waals surface area contributed by atoms with Crippen LogP contribution in [0.25, 0.3) is 10.8 Å². The average molecular weight is 249 g/mol. The fourth-order valence-corrected chi connectivity index (χ4v) is 2.19. The molecule has 0 atom stereocenters. The Balaban J connectivity index is 1.86. The van der Waals surface area contributed by atoms with Crippen LogP contribution >= 0.6 is 0 Å². The molecule has 3 nitrogen and oxygen atoms in total. The Kier molecular flexibility index (Phi) is 3.11. The van der Waals surface area contributed by atoms with E-state index in [0.29, 0.717) is 0 Å². The number of fused-ring (bicyclic) bond motifs is 1. The minimum atomic E-state index is 0.762. The number of benzene rings is 2. The Bertz CT molecular complexity index is 702. The molecular weight excluding hydrogens is 234 g/mol. The fraction of sp³-hybridized carbons (Fsp3) is 0.125. The van der Waals surface area contributed by atoms with E-state index in [1.54, 1.807) is 6.20 Å². The number of aromatic nitrogens is 2. The van der Waals surface area contributed by atoms with E-state index < -0.39 is 0 Å². The first-order valence-electron chi connectivity index (χ1n) is 6.33. The molecule has 0 amide bonds. The van der Waals surface area contributed by atoms with Gasteiger partial charge >= 0.3 is 0 Å². The first-order chi connectivity index (χ1) is 9.33. The van der Waals surface area contributed by atoms with Crippen LogP contribution in [-0.4, -0.2) is 9.97 Å². The molecule has 0 spiro atoms. The first-order valence-corrected chi connectivity index (χ1v) is 6.33. The molecule has 0 saturated carbocycles. The minimum Gasteiger partial charge on any atom is -0.366 e. The summed E-state index contributed by atoms with van der Waals surface area (Å²) in [5.74, 6) is 1.64. The fourth-order valence-electron chi connectivity index (χ4n) is 2.19. The Morgan fingerprint density at radius 1 is 1.00 bits per heavy atom. The van der Waals surface area contributed by atoms with Gasteiger partial charge in [-0.15, -0.1) is 0 Å². The molecule has 0 unspecified atom stereocenters. The highest BCUT2D eigenvalue weighted by molar-refractivity contribution is 5.85. The molecule has 0 aliphatic rings. The van der Waals surface area contributed by atoms with Crippen LogP contribution in [0, 0.1) is 6.92 Å². The molecular formula is C16H15N3. The molecule has 3 heteroatoms. The molecule has 3 rings (SSSR count).